The summed E-state index contributed by atoms with van der Waals surface area (Å²) in [6, 6.07) is 0. The van der Waals surface area contributed by atoms with Crippen LogP contribution in [0.3, 0.4) is 0 Å². The molecule has 0 rings (SSSR count). The van der Waals surface area contributed by atoms with Crippen LogP contribution >= 0.6 is 0 Å². The van der Waals surface area contributed by atoms with Crippen LogP contribution < -0.4 is 5.32 Å². The van der Waals surface area contributed by atoms with Crippen LogP contribution in [0.15, 0.2) is 0 Å². The van der Waals surface area contributed by atoms with Crippen molar-refractivity contribution in [2.75, 3.05) is 66.3 Å². The van der Waals surface area contributed by atoms with Crippen LogP contribution in [-0.4, -0.2) is 77.1 Å². The molecule has 120 valence electrons. The monoisotopic (exact) mass is 290 g/mol. The summed E-state index contributed by atoms with van der Waals surface area (Å²) in [7, 11) is 1.65. The van der Waals surface area contributed by atoms with Crippen molar-refractivity contribution in [3.05, 3.63) is 0 Å². The molecule has 0 aliphatic carbocycles. The number of methoxy groups -OCH3 is 1. The summed E-state index contributed by atoms with van der Waals surface area (Å²) in [5.74, 6) is 0.204. The molecule has 0 radical (unpaired) electrons. The third kappa shape index (κ3) is 11.2. The summed E-state index contributed by atoms with van der Waals surface area (Å²) >= 11 is 0. The van der Waals surface area contributed by atoms with Crippen LogP contribution in [0.2, 0.25) is 0 Å². The van der Waals surface area contributed by atoms with Gasteiger partial charge in [0, 0.05) is 39.7 Å². The van der Waals surface area contributed by atoms with Crippen molar-refractivity contribution in [1.82, 2.24) is 10.2 Å². The van der Waals surface area contributed by atoms with E-state index in [2.05, 4.69) is 5.32 Å². The second kappa shape index (κ2) is 14.7. The smallest absolute Gasteiger partial charge is 0.223 e. The molecule has 1 amide bonds. The van der Waals surface area contributed by atoms with Gasteiger partial charge in [0.1, 0.15) is 0 Å². The molecule has 0 unspecified atom stereocenters. The maximum absolute atomic E-state index is 11.7. The number of hydrogen-bond acceptors (Lipinski definition) is 5. The van der Waals surface area contributed by atoms with Crippen molar-refractivity contribution < 1.29 is 19.0 Å². The van der Waals surface area contributed by atoms with Gasteiger partial charge in [0.25, 0.3) is 0 Å². The van der Waals surface area contributed by atoms with Crippen LogP contribution in [0.1, 0.15) is 20.3 Å². The Kier molecular flexibility index (Phi) is 14.2. The Morgan fingerprint density at radius 1 is 0.950 bits per heavy atom. The Hall–Kier alpha value is -0.690. The zero-order valence-electron chi connectivity index (χ0n) is 13.2. The Balaban J connectivity index is 3.22. The predicted molar refractivity (Wildman–Crippen MR) is 78.9 cm³/mol. The molecule has 0 spiro atoms. The van der Waals surface area contributed by atoms with E-state index in [1.54, 1.807) is 7.11 Å². The van der Waals surface area contributed by atoms with E-state index < -0.39 is 0 Å². The van der Waals surface area contributed by atoms with E-state index >= 15 is 0 Å². The molecule has 0 aromatic carbocycles. The highest BCUT2D eigenvalue weighted by molar-refractivity contribution is 5.76. The second-order valence-electron chi connectivity index (χ2n) is 4.28. The highest BCUT2D eigenvalue weighted by Crippen LogP contribution is 1.92. The van der Waals surface area contributed by atoms with Gasteiger partial charge >= 0.3 is 0 Å². The fraction of sp³-hybridized carbons (Fsp3) is 0.929. The van der Waals surface area contributed by atoms with E-state index in [0.717, 1.165) is 19.6 Å². The fourth-order valence-electron chi connectivity index (χ4n) is 1.66. The molecule has 0 aromatic heterocycles. The molecule has 0 fully saturated rings. The topological polar surface area (TPSA) is 60.0 Å². The molecule has 0 saturated heterocycles. The average Bonchev–Trinajstić information content (AvgIpc) is 2.46. The van der Waals surface area contributed by atoms with Crippen LogP contribution in [-0.2, 0) is 19.0 Å². The van der Waals surface area contributed by atoms with Gasteiger partial charge in [-0.3, -0.25) is 4.79 Å². The maximum atomic E-state index is 11.7. The average molecular weight is 290 g/mol. The number of carbonyl (C=O) groups excluding carboxylic acids is 1. The summed E-state index contributed by atoms with van der Waals surface area (Å²) in [5.41, 5.74) is 0. The first-order valence-corrected chi connectivity index (χ1v) is 7.39. The quantitative estimate of drug-likeness (QED) is 0.473. The van der Waals surface area contributed by atoms with Gasteiger partial charge < -0.3 is 24.4 Å². The van der Waals surface area contributed by atoms with Crippen molar-refractivity contribution in [2.24, 2.45) is 0 Å². The zero-order valence-corrected chi connectivity index (χ0v) is 13.2. The highest BCUT2D eigenvalue weighted by Gasteiger charge is 2.07. The number of ether oxygens (including phenoxy) is 3. The summed E-state index contributed by atoms with van der Waals surface area (Å²) in [6.07, 6.45) is 0.543. The molecule has 0 heterocycles. The van der Waals surface area contributed by atoms with Crippen molar-refractivity contribution in [2.45, 2.75) is 20.3 Å². The number of nitrogens with zero attached hydrogens (tertiary/aromatic N) is 1. The van der Waals surface area contributed by atoms with Gasteiger partial charge in [-0.2, -0.15) is 0 Å². The van der Waals surface area contributed by atoms with E-state index in [9.17, 15) is 4.79 Å². The first kappa shape index (κ1) is 19.3. The molecule has 0 aliphatic heterocycles. The van der Waals surface area contributed by atoms with Crippen molar-refractivity contribution in [1.29, 1.82) is 0 Å². The molecule has 0 bridgehead atoms. The molecule has 0 atom stereocenters. The number of carbonyl (C=O) groups is 1. The Bertz CT molecular complexity index is 223. The minimum atomic E-state index is 0.204. The third-order valence-corrected chi connectivity index (χ3v) is 2.86. The molecule has 1 N–H and O–H groups in total. The van der Waals surface area contributed by atoms with Gasteiger partial charge in [-0.15, -0.1) is 0 Å². The predicted octanol–water partition coefficient (Wildman–Crippen LogP) is 0.514. The Morgan fingerprint density at radius 3 is 2.15 bits per heavy atom. The third-order valence-electron chi connectivity index (χ3n) is 2.86. The van der Waals surface area contributed by atoms with Crippen LogP contribution in [0.25, 0.3) is 0 Å². The molecule has 0 aliphatic rings. The Labute approximate surface area is 122 Å². The van der Waals surface area contributed by atoms with Crippen LogP contribution in [0, 0.1) is 0 Å². The summed E-state index contributed by atoms with van der Waals surface area (Å²) in [6.45, 7) is 10.0. The molecular formula is C14H30N2O4. The summed E-state index contributed by atoms with van der Waals surface area (Å²) in [5, 5.41) is 3.20. The highest BCUT2D eigenvalue weighted by atomic mass is 16.5. The van der Waals surface area contributed by atoms with E-state index in [4.69, 9.17) is 14.2 Å². The normalized spacial score (nSPS) is 10.8. The lowest BCUT2D eigenvalue weighted by Crippen LogP contribution is -2.33. The van der Waals surface area contributed by atoms with E-state index in [-0.39, 0.29) is 5.91 Å². The molecule has 0 saturated carbocycles. The lowest BCUT2D eigenvalue weighted by atomic mass is 10.3. The number of amides is 1. The maximum Gasteiger partial charge on any atom is 0.223 e. The van der Waals surface area contributed by atoms with Crippen LogP contribution in [0.5, 0.6) is 0 Å². The minimum Gasteiger partial charge on any atom is -0.382 e. The first-order chi connectivity index (χ1) is 9.76. The Morgan fingerprint density at radius 2 is 1.55 bits per heavy atom. The SMILES string of the molecule is CCN(CC)C(=O)CCNCCOCCOCCOC. The standard InChI is InChI=1S/C14H30N2O4/c1-4-16(5-2)14(17)6-7-15-8-9-19-12-13-20-11-10-18-3/h15H,4-13H2,1-3H3. The second-order valence-corrected chi connectivity index (χ2v) is 4.28. The van der Waals surface area contributed by atoms with Crippen molar-refractivity contribution in [3.8, 4) is 0 Å². The molecule has 6 heteroatoms. The lowest BCUT2D eigenvalue weighted by molar-refractivity contribution is -0.130. The van der Waals surface area contributed by atoms with Gasteiger partial charge in [0.2, 0.25) is 5.91 Å². The molecule has 0 aromatic rings. The largest absolute Gasteiger partial charge is 0.382 e. The van der Waals surface area contributed by atoms with Gasteiger partial charge in [-0.1, -0.05) is 0 Å². The van der Waals surface area contributed by atoms with Gasteiger partial charge in [-0.05, 0) is 13.8 Å². The number of nitrogens with one attached hydrogen (secondary N) is 1. The summed E-state index contributed by atoms with van der Waals surface area (Å²) < 4.78 is 15.5. The molecular weight excluding hydrogens is 260 g/mol. The van der Waals surface area contributed by atoms with Crippen molar-refractivity contribution in [3.63, 3.8) is 0 Å². The van der Waals surface area contributed by atoms with E-state index in [1.165, 1.54) is 0 Å². The lowest BCUT2D eigenvalue weighted by Gasteiger charge is -2.18. The van der Waals surface area contributed by atoms with E-state index in [1.807, 2.05) is 18.7 Å². The molecule has 20 heavy (non-hydrogen) atoms. The van der Waals surface area contributed by atoms with Crippen LogP contribution in [0.4, 0.5) is 0 Å². The zero-order chi connectivity index (χ0) is 15.1. The number of hydrogen-bond donors (Lipinski definition) is 1. The summed E-state index contributed by atoms with van der Waals surface area (Å²) in [4.78, 5) is 13.5. The van der Waals surface area contributed by atoms with Gasteiger partial charge in [-0.25, -0.2) is 0 Å². The van der Waals surface area contributed by atoms with Crippen molar-refractivity contribution >= 4 is 5.91 Å². The fourth-order valence-corrected chi connectivity index (χ4v) is 1.66. The van der Waals surface area contributed by atoms with Gasteiger partial charge in [0.05, 0.1) is 33.0 Å². The molecule has 6 nitrogen and oxygen atoms in total. The minimum absolute atomic E-state index is 0.204. The number of rotatable bonds is 14. The first-order valence-electron chi connectivity index (χ1n) is 7.39. The van der Waals surface area contributed by atoms with Gasteiger partial charge in [0.15, 0.2) is 0 Å². The van der Waals surface area contributed by atoms with E-state index in [0.29, 0.717) is 46.0 Å².